The van der Waals surface area contributed by atoms with E-state index in [2.05, 4.69) is 11.8 Å². The predicted molar refractivity (Wildman–Crippen MR) is 94.5 cm³/mol. The second-order valence-electron chi connectivity index (χ2n) is 5.46. The van der Waals surface area contributed by atoms with E-state index in [0.717, 1.165) is 36.3 Å². The molecule has 0 unspecified atom stereocenters. The van der Waals surface area contributed by atoms with Crippen molar-refractivity contribution in [3.05, 3.63) is 58.7 Å². The third-order valence-electron chi connectivity index (χ3n) is 2.74. The van der Waals surface area contributed by atoms with Crippen molar-refractivity contribution in [1.82, 2.24) is 0 Å². The minimum atomic E-state index is -4.21. The van der Waals surface area contributed by atoms with Crippen molar-refractivity contribution in [2.24, 2.45) is 0 Å². The fourth-order valence-electron chi connectivity index (χ4n) is 1.13. The number of hydrogen-bond acceptors (Lipinski definition) is 0. The lowest BCUT2D eigenvalue weighted by molar-refractivity contribution is -0.137. The summed E-state index contributed by atoms with van der Waals surface area (Å²) in [6.45, 7) is 9.94. The van der Waals surface area contributed by atoms with Gasteiger partial charge < -0.3 is 0 Å². The number of alkyl halides is 6. The van der Waals surface area contributed by atoms with Crippen molar-refractivity contribution in [1.29, 1.82) is 0 Å². The number of benzene rings is 1. The van der Waals surface area contributed by atoms with Crippen molar-refractivity contribution in [3.8, 4) is 11.8 Å². The second kappa shape index (κ2) is 12.2. The molecule has 1 rings (SSSR count). The molecule has 1 aromatic rings. The van der Waals surface area contributed by atoms with Crippen LogP contribution in [0.5, 0.6) is 0 Å². The van der Waals surface area contributed by atoms with Crippen LogP contribution >= 0.6 is 0 Å². The maximum Gasteiger partial charge on any atom is 0.416 e. The van der Waals surface area contributed by atoms with E-state index in [9.17, 15) is 26.3 Å². The molecule has 0 bridgehead atoms. The van der Waals surface area contributed by atoms with E-state index in [-0.39, 0.29) is 0 Å². The third-order valence-corrected chi connectivity index (χ3v) is 2.74. The van der Waals surface area contributed by atoms with Crippen LogP contribution in [0.4, 0.5) is 26.3 Å². The van der Waals surface area contributed by atoms with Crippen LogP contribution in [0.3, 0.4) is 0 Å². The Kier molecular flexibility index (Phi) is 12.3. The molecule has 0 saturated heterocycles. The van der Waals surface area contributed by atoms with E-state index in [1.54, 1.807) is 20.8 Å². The van der Waals surface area contributed by atoms with Gasteiger partial charge in [-0.25, -0.2) is 0 Å². The van der Waals surface area contributed by atoms with Gasteiger partial charge >= 0.3 is 12.4 Å². The van der Waals surface area contributed by atoms with Gasteiger partial charge in [-0.2, -0.15) is 26.3 Å². The van der Waals surface area contributed by atoms with Crippen molar-refractivity contribution in [3.63, 3.8) is 0 Å². The lowest BCUT2D eigenvalue weighted by Crippen LogP contribution is -2.08. The zero-order valence-electron chi connectivity index (χ0n) is 15.7. The Bertz CT molecular complexity index is 622. The second-order valence-corrected chi connectivity index (χ2v) is 5.46. The smallest absolute Gasteiger partial charge is 0.166 e. The molecule has 0 radical (unpaired) electrons. The van der Waals surface area contributed by atoms with Gasteiger partial charge in [-0.3, -0.25) is 0 Å². The number of hydrogen-bond donors (Lipinski definition) is 0. The third kappa shape index (κ3) is 14.2. The molecule has 26 heavy (non-hydrogen) atoms. The highest BCUT2D eigenvalue weighted by Crippen LogP contribution is 2.28. The summed E-state index contributed by atoms with van der Waals surface area (Å²) in [5.41, 5.74) is 0.522. The van der Waals surface area contributed by atoms with Crippen molar-refractivity contribution < 1.29 is 26.3 Å². The Balaban J connectivity index is 0. The van der Waals surface area contributed by atoms with E-state index in [1.165, 1.54) is 18.2 Å². The fourth-order valence-corrected chi connectivity index (χ4v) is 1.13. The SMILES string of the molecule is CC#CC.CC(C)=C/C=C(\C)C(F)(F)F.Cc1ccc(C(F)(F)F)cc1. The van der Waals surface area contributed by atoms with Gasteiger partial charge in [0.05, 0.1) is 5.56 Å². The first kappa shape index (κ1) is 26.1. The van der Waals surface area contributed by atoms with Crippen LogP contribution in [0.15, 0.2) is 47.6 Å². The number of halogens is 6. The molecule has 1 aromatic carbocycles. The highest BCUT2D eigenvalue weighted by Gasteiger charge is 2.30. The molecule has 0 nitrogen and oxygen atoms in total. The Morgan fingerprint density at radius 3 is 1.50 bits per heavy atom. The molecular formula is C20H24F6. The summed E-state index contributed by atoms with van der Waals surface area (Å²) in [6.07, 6.45) is -5.88. The summed E-state index contributed by atoms with van der Waals surface area (Å²) in [5, 5.41) is 0. The lowest BCUT2D eigenvalue weighted by Gasteiger charge is -2.05. The summed E-state index contributed by atoms with van der Waals surface area (Å²) < 4.78 is 71.2. The summed E-state index contributed by atoms with van der Waals surface area (Å²) >= 11 is 0. The largest absolute Gasteiger partial charge is 0.416 e. The van der Waals surface area contributed by atoms with Gasteiger partial charge in [0.15, 0.2) is 0 Å². The molecule has 0 fully saturated rings. The van der Waals surface area contributed by atoms with Crippen molar-refractivity contribution in [2.75, 3.05) is 0 Å². The van der Waals surface area contributed by atoms with Gasteiger partial charge in [0.2, 0.25) is 0 Å². The van der Waals surface area contributed by atoms with E-state index in [4.69, 9.17) is 0 Å². The standard InChI is InChI=1S/C8H7F3.C8H11F3.C4H6/c1-6-2-4-7(5-3-6)8(9,10)11;1-6(2)4-5-7(3)8(9,10)11;1-3-4-2/h2-5H,1H3;4-5H,1-3H3;1-2H3/b;7-5+;. The molecule has 0 saturated carbocycles. The number of rotatable bonds is 1. The van der Waals surface area contributed by atoms with E-state index in [0.29, 0.717) is 0 Å². The molecule has 0 heterocycles. The van der Waals surface area contributed by atoms with Crippen LogP contribution in [0, 0.1) is 18.8 Å². The van der Waals surface area contributed by atoms with E-state index < -0.39 is 23.5 Å². The molecule has 0 aliphatic rings. The van der Waals surface area contributed by atoms with Gasteiger partial charge in [0.25, 0.3) is 0 Å². The first-order chi connectivity index (χ1) is 11.8. The first-order valence-electron chi connectivity index (χ1n) is 7.62. The zero-order chi connectivity index (χ0) is 21.0. The van der Waals surface area contributed by atoms with Crippen LogP contribution in [-0.4, -0.2) is 6.18 Å². The highest BCUT2D eigenvalue weighted by molar-refractivity contribution is 5.23. The average Bonchev–Trinajstić information content (AvgIpc) is 2.52. The minimum absolute atomic E-state index is 0.571. The molecule has 0 aliphatic heterocycles. The maximum absolute atomic E-state index is 11.9. The van der Waals surface area contributed by atoms with Gasteiger partial charge in [0.1, 0.15) is 0 Å². The zero-order valence-corrected chi connectivity index (χ0v) is 15.7. The Labute approximate surface area is 151 Å². The van der Waals surface area contributed by atoms with E-state index in [1.807, 2.05) is 13.8 Å². The predicted octanol–water partition coefficient (Wildman–Crippen LogP) is 7.50. The Hall–Kier alpha value is -2.16. The van der Waals surface area contributed by atoms with Crippen LogP contribution in [-0.2, 0) is 6.18 Å². The van der Waals surface area contributed by atoms with Crippen molar-refractivity contribution >= 4 is 0 Å². The maximum atomic E-state index is 11.9. The molecular weight excluding hydrogens is 354 g/mol. The monoisotopic (exact) mass is 378 g/mol. The number of allylic oxidation sites excluding steroid dienone is 4. The van der Waals surface area contributed by atoms with Crippen LogP contribution < -0.4 is 0 Å². The summed E-state index contributed by atoms with van der Waals surface area (Å²) in [7, 11) is 0. The van der Waals surface area contributed by atoms with Gasteiger partial charge in [-0.15, -0.1) is 11.8 Å². The van der Waals surface area contributed by atoms with Crippen LogP contribution in [0.25, 0.3) is 0 Å². The highest BCUT2D eigenvalue weighted by atomic mass is 19.4. The molecule has 0 aromatic heterocycles. The molecule has 0 amide bonds. The van der Waals surface area contributed by atoms with Gasteiger partial charge in [-0.05, 0) is 53.7 Å². The lowest BCUT2D eigenvalue weighted by atomic mass is 10.1. The Morgan fingerprint density at radius 2 is 1.23 bits per heavy atom. The van der Waals surface area contributed by atoms with Crippen molar-refractivity contribution in [2.45, 2.75) is 53.9 Å². The summed E-state index contributed by atoms with van der Waals surface area (Å²) in [4.78, 5) is 0. The van der Waals surface area contributed by atoms with Gasteiger partial charge in [0, 0.05) is 5.57 Å². The minimum Gasteiger partial charge on any atom is -0.166 e. The molecule has 6 heteroatoms. The van der Waals surface area contributed by atoms with Crippen LogP contribution in [0.2, 0.25) is 0 Å². The average molecular weight is 378 g/mol. The van der Waals surface area contributed by atoms with Gasteiger partial charge in [-0.1, -0.05) is 35.4 Å². The molecule has 0 aliphatic carbocycles. The fraction of sp³-hybridized carbons (Fsp3) is 0.400. The molecule has 0 spiro atoms. The summed E-state index contributed by atoms with van der Waals surface area (Å²) in [5.74, 6) is 5.36. The summed E-state index contributed by atoms with van der Waals surface area (Å²) in [6, 6.07) is 5.05. The molecule has 0 N–H and O–H groups in total. The molecule has 146 valence electrons. The quantitative estimate of drug-likeness (QED) is 0.269. The normalized spacial score (nSPS) is 11.0. The van der Waals surface area contributed by atoms with E-state index >= 15 is 0 Å². The molecule has 0 atom stereocenters. The van der Waals surface area contributed by atoms with Crippen LogP contribution in [0.1, 0.15) is 45.7 Å². The Morgan fingerprint density at radius 1 is 0.808 bits per heavy atom. The first-order valence-corrected chi connectivity index (χ1v) is 7.62. The number of aryl methyl sites for hydroxylation is 1. The topological polar surface area (TPSA) is 0 Å².